The highest BCUT2D eigenvalue weighted by atomic mass is 16.1. The minimum atomic E-state index is -0.250. The van der Waals surface area contributed by atoms with E-state index in [1.54, 1.807) is 12.1 Å². The van der Waals surface area contributed by atoms with Crippen molar-refractivity contribution >= 4 is 22.3 Å². The summed E-state index contributed by atoms with van der Waals surface area (Å²) in [5, 5.41) is 2.34. The highest BCUT2D eigenvalue weighted by molar-refractivity contribution is 6.32. The van der Waals surface area contributed by atoms with Crippen LogP contribution in [-0.4, -0.2) is 11.6 Å². The molecule has 31 heavy (non-hydrogen) atoms. The quantitative estimate of drug-likeness (QED) is 0.295. The van der Waals surface area contributed by atoms with Gasteiger partial charge in [-0.1, -0.05) is 74.5 Å². The maximum atomic E-state index is 13.8. The number of ketones is 2. The Hall–Kier alpha value is -3.52. The van der Waals surface area contributed by atoms with Gasteiger partial charge in [0.15, 0.2) is 11.6 Å². The predicted molar refractivity (Wildman–Crippen MR) is 124 cm³/mol. The normalized spacial score (nSPS) is 15.5. The van der Waals surface area contributed by atoms with Crippen molar-refractivity contribution in [3.63, 3.8) is 0 Å². The molecule has 150 valence electrons. The molecule has 0 saturated heterocycles. The highest BCUT2D eigenvalue weighted by Gasteiger charge is 2.43. The first-order valence-electron chi connectivity index (χ1n) is 10.7. The molecule has 4 aromatic carbocycles. The fourth-order valence-corrected chi connectivity index (χ4v) is 5.70. The van der Waals surface area contributed by atoms with Crippen molar-refractivity contribution in [3.8, 4) is 11.1 Å². The van der Waals surface area contributed by atoms with Crippen molar-refractivity contribution in [1.29, 1.82) is 0 Å². The average Bonchev–Trinajstić information content (AvgIpc) is 2.98. The van der Waals surface area contributed by atoms with E-state index in [9.17, 15) is 9.59 Å². The van der Waals surface area contributed by atoms with Crippen LogP contribution in [0.2, 0.25) is 0 Å². The lowest BCUT2D eigenvalue weighted by atomic mass is 9.76. The number of carbonyl (C=O) groups is 2. The van der Waals surface area contributed by atoms with E-state index in [4.69, 9.17) is 0 Å². The third-order valence-corrected chi connectivity index (χ3v) is 7.24. The summed E-state index contributed by atoms with van der Waals surface area (Å²) in [5.74, 6) is -0.0911. The summed E-state index contributed by atoms with van der Waals surface area (Å²) in [6.45, 7) is 8.55. The van der Waals surface area contributed by atoms with Gasteiger partial charge in [0.25, 0.3) is 0 Å². The fraction of sp³-hybridized carbons (Fsp3) is 0.172. The first-order chi connectivity index (χ1) is 14.8. The van der Waals surface area contributed by atoms with Crippen LogP contribution in [0.4, 0.5) is 0 Å². The van der Waals surface area contributed by atoms with Crippen LogP contribution in [0.1, 0.15) is 67.9 Å². The third kappa shape index (κ3) is 2.12. The number of hydrogen-bond donors (Lipinski definition) is 0. The van der Waals surface area contributed by atoms with E-state index >= 15 is 0 Å². The predicted octanol–water partition coefficient (Wildman–Crippen LogP) is 6.54. The van der Waals surface area contributed by atoms with Crippen molar-refractivity contribution in [2.45, 2.75) is 33.1 Å². The van der Waals surface area contributed by atoms with Crippen molar-refractivity contribution in [3.05, 3.63) is 105 Å². The van der Waals surface area contributed by atoms with E-state index in [2.05, 4.69) is 57.2 Å². The second kappa shape index (κ2) is 5.79. The molecule has 0 amide bonds. The number of aryl methyl sites for hydroxylation is 2. The molecule has 6 rings (SSSR count). The molecule has 0 saturated carbocycles. The molecule has 0 spiro atoms. The van der Waals surface area contributed by atoms with Crippen LogP contribution in [0.3, 0.4) is 0 Å². The number of hydrogen-bond acceptors (Lipinski definition) is 2. The monoisotopic (exact) mass is 402 g/mol. The Bertz CT molecular complexity index is 1500. The maximum absolute atomic E-state index is 13.8. The third-order valence-electron chi connectivity index (χ3n) is 7.24. The van der Waals surface area contributed by atoms with Gasteiger partial charge in [0.05, 0.1) is 0 Å². The van der Waals surface area contributed by atoms with Crippen LogP contribution in [0.5, 0.6) is 0 Å². The Morgan fingerprint density at radius 2 is 1.10 bits per heavy atom. The number of carbonyl (C=O) groups excluding carboxylic acids is 2. The zero-order chi connectivity index (χ0) is 21.7. The summed E-state index contributed by atoms with van der Waals surface area (Å²) in [4.78, 5) is 27.4. The lowest BCUT2D eigenvalue weighted by Crippen LogP contribution is -2.24. The van der Waals surface area contributed by atoms with Crippen LogP contribution in [-0.2, 0) is 5.41 Å². The zero-order valence-corrected chi connectivity index (χ0v) is 18.1. The summed E-state index contributed by atoms with van der Waals surface area (Å²) in [6, 6.07) is 20.0. The van der Waals surface area contributed by atoms with Gasteiger partial charge in [-0.2, -0.15) is 0 Å². The molecule has 0 heterocycles. The molecule has 2 aliphatic carbocycles. The van der Waals surface area contributed by atoms with Gasteiger partial charge in [0, 0.05) is 27.7 Å². The molecule has 2 nitrogen and oxygen atoms in total. The van der Waals surface area contributed by atoms with Crippen LogP contribution < -0.4 is 0 Å². The fourth-order valence-electron chi connectivity index (χ4n) is 5.70. The molecule has 0 atom stereocenters. The summed E-state index contributed by atoms with van der Waals surface area (Å²) in [5.41, 5.74) is 8.44. The summed E-state index contributed by atoms with van der Waals surface area (Å²) in [6.07, 6.45) is 0. The lowest BCUT2D eigenvalue weighted by Gasteiger charge is -2.25. The van der Waals surface area contributed by atoms with Crippen LogP contribution in [0.15, 0.2) is 60.7 Å². The van der Waals surface area contributed by atoms with Gasteiger partial charge in [-0.05, 0) is 58.0 Å². The molecule has 0 N–H and O–H groups in total. The van der Waals surface area contributed by atoms with Crippen LogP contribution in [0, 0.1) is 13.8 Å². The second-order valence-corrected chi connectivity index (χ2v) is 9.36. The van der Waals surface area contributed by atoms with Crippen molar-refractivity contribution in [2.75, 3.05) is 0 Å². The summed E-state index contributed by atoms with van der Waals surface area (Å²) < 4.78 is 0. The second-order valence-electron chi connectivity index (χ2n) is 9.36. The molecule has 0 unspecified atom stereocenters. The first-order valence-corrected chi connectivity index (χ1v) is 10.7. The molecule has 0 fully saturated rings. The molecule has 0 radical (unpaired) electrons. The van der Waals surface area contributed by atoms with E-state index in [-0.39, 0.29) is 17.0 Å². The van der Waals surface area contributed by atoms with Gasteiger partial charge in [-0.15, -0.1) is 0 Å². The van der Waals surface area contributed by atoms with Gasteiger partial charge in [0.1, 0.15) is 0 Å². The molecule has 0 aromatic heterocycles. The minimum Gasteiger partial charge on any atom is -0.289 e. The first kappa shape index (κ1) is 18.3. The molecular weight excluding hydrogens is 380 g/mol. The molecule has 0 aliphatic heterocycles. The molecule has 0 bridgehead atoms. The van der Waals surface area contributed by atoms with E-state index in [1.807, 2.05) is 19.1 Å². The van der Waals surface area contributed by atoms with E-state index in [1.165, 1.54) is 16.5 Å². The van der Waals surface area contributed by atoms with Gasteiger partial charge >= 0.3 is 0 Å². The van der Waals surface area contributed by atoms with Crippen molar-refractivity contribution < 1.29 is 9.59 Å². The topological polar surface area (TPSA) is 34.1 Å². The number of rotatable bonds is 0. The van der Waals surface area contributed by atoms with Crippen LogP contribution in [0.25, 0.3) is 21.9 Å². The molecular formula is C29H22O2. The average molecular weight is 402 g/mol. The van der Waals surface area contributed by atoms with Gasteiger partial charge < -0.3 is 0 Å². The van der Waals surface area contributed by atoms with Gasteiger partial charge in [-0.3, -0.25) is 9.59 Å². The van der Waals surface area contributed by atoms with Gasteiger partial charge in [-0.25, -0.2) is 0 Å². The van der Waals surface area contributed by atoms with E-state index in [0.29, 0.717) is 22.3 Å². The summed E-state index contributed by atoms with van der Waals surface area (Å²) in [7, 11) is 0. The van der Waals surface area contributed by atoms with Crippen molar-refractivity contribution in [2.24, 2.45) is 0 Å². The maximum Gasteiger partial charge on any atom is 0.195 e. The van der Waals surface area contributed by atoms with Crippen LogP contribution >= 0.6 is 0 Å². The van der Waals surface area contributed by atoms with E-state index < -0.39 is 0 Å². The summed E-state index contributed by atoms with van der Waals surface area (Å²) >= 11 is 0. The number of fused-ring (bicyclic) bond motifs is 8. The zero-order valence-electron chi connectivity index (χ0n) is 18.1. The highest BCUT2D eigenvalue weighted by Crippen LogP contribution is 2.55. The Morgan fingerprint density at radius 1 is 0.581 bits per heavy atom. The molecule has 2 aliphatic rings. The van der Waals surface area contributed by atoms with Crippen molar-refractivity contribution in [1.82, 2.24) is 0 Å². The Balaban J connectivity index is 1.83. The number of benzene rings is 4. The smallest absolute Gasteiger partial charge is 0.195 e. The minimum absolute atomic E-state index is 0.0431. The Kier molecular flexibility index (Phi) is 3.41. The lowest BCUT2D eigenvalue weighted by molar-refractivity contribution is 0.0979. The largest absolute Gasteiger partial charge is 0.289 e. The Morgan fingerprint density at radius 3 is 1.77 bits per heavy atom. The standard InChI is InChI=1S/C29H22O2/c1-15-13-21-24(18-10-6-5-9-17(15)18)25-22(29(21,3)4)14-16(2)23-26(25)28(31)20-12-8-7-11-19(20)27(23)30/h5-14H,1-4H3. The molecule has 2 heteroatoms. The van der Waals surface area contributed by atoms with Gasteiger partial charge in [0.2, 0.25) is 0 Å². The molecule has 4 aromatic rings. The SMILES string of the molecule is Cc1cc2c(c3c1C(=O)c1ccccc1C3=O)-c1c(cc(C)c3ccccc13)C2(C)C. The Labute approximate surface area is 181 Å². The van der Waals surface area contributed by atoms with E-state index in [0.717, 1.165) is 27.6 Å².